The SMILES string of the molecule is N#Cc1c(Cc2ccc(Cl)cc2)nn(Cc2ccc(Cl)cc2)c1N. The summed E-state index contributed by atoms with van der Waals surface area (Å²) in [6.45, 7) is 0.484. The summed E-state index contributed by atoms with van der Waals surface area (Å²) in [5, 5.41) is 15.3. The summed E-state index contributed by atoms with van der Waals surface area (Å²) in [6, 6.07) is 17.1. The Bertz CT molecular complexity index is 891. The Morgan fingerprint density at radius 3 is 2.04 bits per heavy atom. The van der Waals surface area contributed by atoms with Crippen LogP contribution in [0.4, 0.5) is 5.82 Å². The molecule has 0 bridgehead atoms. The molecule has 1 heterocycles. The Morgan fingerprint density at radius 2 is 1.50 bits per heavy atom. The first-order valence-corrected chi connectivity index (χ1v) is 8.06. The highest BCUT2D eigenvalue weighted by molar-refractivity contribution is 6.30. The number of hydrogen-bond acceptors (Lipinski definition) is 3. The molecule has 0 unspecified atom stereocenters. The molecule has 1 aromatic heterocycles. The van der Waals surface area contributed by atoms with Crippen LogP contribution >= 0.6 is 23.2 Å². The van der Waals surface area contributed by atoms with Gasteiger partial charge in [-0.3, -0.25) is 0 Å². The molecular weight excluding hydrogens is 343 g/mol. The molecule has 0 spiro atoms. The molecular formula is C18H14Cl2N4. The summed E-state index contributed by atoms with van der Waals surface area (Å²) >= 11 is 11.8. The molecule has 0 fully saturated rings. The van der Waals surface area contributed by atoms with Crippen molar-refractivity contribution in [1.29, 1.82) is 5.26 Å². The van der Waals surface area contributed by atoms with Gasteiger partial charge in [0.15, 0.2) is 0 Å². The van der Waals surface area contributed by atoms with Crippen molar-refractivity contribution < 1.29 is 0 Å². The van der Waals surface area contributed by atoms with E-state index in [1.807, 2.05) is 48.5 Å². The van der Waals surface area contributed by atoms with Crippen molar-refractivity contribution in [3.8, 4) is 6.07 Å². The maximum Gasteiger partial charge on any atom is 0.140 e. The van der Waals surface area contributed by atoms with E-state index in [1.54, 1.807) is 4.68 Å². The fourth-order valence-corrected chi connectivity index (χ4v) is 2.70. The van der Waals surface area contributed by atoms with Gasteiger partial charge in [-0.25, -0.2) is 4.68 Å². The van der Waals surface area contributed by atoms with E-state index in [0.29, 0.717) is 40.1 Å². The minimum atomic E-state index is 0.372. The third-order valence-electron chi connectivity index (χ3n) is 3.71. The second-order valence-corrected chi connectivity index (χ2v) is 6.28. The van der Waals surface area contributed by atoms with Crippen LogP contribution in [0, 0.1) is 11.3 Å². The zero-order valence-corrected chi connectivity index (χ0v) is 14.2. The molecule has 0 amide bonds. The van der Waals surface area contributed by atoms with Gasteiger partial charge in [0.2, 0.25) is 0 Å². The van der Waals surface area contributed by atoms with Gasteiger partial charge in [0, 0.05) is 16.5 Å². The highest BCUT2D eigenvalue weighted by Crippen LogP contribution is 2.21. The number of anilines is 1. The topological polar surface area (TPSA) is 67.6 Å². The van der Waals surface area contributed by atoms with Crippen LogP contribution in [0.15, 0.2) is 48.5 Å². The van der Waals surface area contributed by atoms with E-state index in [1.165, 1.54) is 0 Å². The lowest BCUT2D eigenvalue weighted by molar-refractivity contribution is 0.685. The molecule has 0 saturated heterocycles. The van der Waals surface area contributed by atoms with E-state index in [4.69, 9.17) is 28.9 Å². The molecule has 0 aliphatic rings. The predicted molar refractivity (Wildman–Crippen MR) is 96.2 cm³/mol. The number of benzene rings is 2. The van der Waals surface area contributed by atoms with Gasteiger partial charge in [-0.2, -0.15) is 10.4 Å². The van der Waals surface area contributed by atoms with Gasteiger partial charge in [0.25, 0.3) is 0 Å². The van der Waals surface area contributed by atoms with Crippen molar-refractivity contribution in [1.82, 2.24) is 9.78 Å². The van der Waals surface area contributed by atoms with Crippen LogP contribution in [0.25, 0.3) is 0 Å². The van der Waals surface area contributed by atoms with Gasteiger partial charge in [0.1, 0.15) is 17.5 Å². The van der Waals surface area contributed by atoms with Crippen LogP contribution in [0.5, 0.6) is 0 Å². The summed E-state index contributed by atoms with van der Waals surface area (Å²) in [5.41, 5.74) is 9.21. The number of nitrogens with zero attached hydrogens (tertiary/aromatic N) is 3. The standard InChI is InChI=1S/C18H14Cl2N4/c19-14-5-1-12(2-6-14)9-17-16(10-21)18(22)24(23-17)11-13-3-7-15(20)8-4-13/h1-8H,9,11,22H2. The molecule has 6 heteroatoms. The molecule has 24 heavy (non-hydrogen) atoms. The van der Waals surface area contributed by atoms with Crippen molar-refractivity contribution in [2.45, 2.75) is 13.0 Å². The lowest BCUT2D eigenvalue weighted by Crippen LogP contribution is -2.06. The number of halogens is 2. The third-order valence-corrected chi connectivity index (χ3v) is 4.21. The highest BCUT2D eigenvalue weighted by atomic mass is 35.5. The van der Waals surface area contributed by atoms with E-state index in [9.17, 15) is 5.26 Å². The normalized spacial score (nSPS) is 10.5. The molecule has 0 atom stereocenters. The first-order valence-electron chi connectivity index (χ1n) is 7.31. The van der Waals surface area contributed by atoms with Crippen LogP contribution in [-0.2, 0) is 13.0 Å². The van der Waals surface area contributed by atoms with Crippen molar-refractivity contribution in [2.24, 2.45) is 0 Å². The Morgan fingerprint density at radius 1 is 0.958 bits per heavy atom. The lowest BCUT2D eigenvalue weighted by atomic mass is 10.1. The minimum absolute atomic E-state index is 0.372. The summed E-state index contributed by atoms with van der Waals surface area (Å²) in [5.74, 6) is 0.372. The quantitative estimate of drug-likeness (QED) is 0.758. The molecule has 4 nitrogen and oxygen atoms in total. The first-order chi connectivity index (χ1) is 11.6. The molecule has 3 aromatic rings. The average molecular weight is 357 g/mol. The number of aromatic nitrogens is 2. The summed E-state index contributed by atoms with van der Waals surface area (Å²) < 4.78 is 1.65. The molecule has 0 saturated carbocycles. The van der Waals surface area contributed by atoms with Gasteiger partial charge in [-0.05, 0) is 35.4 Å². The van der Waals surface area contributed by atoms with Gasteiger partial charge >= 0.3 is 0 Å². The number of rotatable bonds is 4. The third kappa shape index (κ3) is 3.53. The van der Waals surface area contributed by atoms with E-state index < -0.39 is 0 Å². The summed E-state index contributed by atoms with van der Waals surface area (Å²) in [6.07, 6.45) is 0.526. The number of nitriles is 1. The minimum Gasteiger partial charge on any atom is -0.383 e. The van der Waals surface area contributed by atoms with Crippen LogP contribution in [0.3, 0.4) is 0 Å². The second kappa shape index (κ2) is 6.96. The van der Waals surface area contributed by atoms with E-state index >= 15 is 0 Å². The van der Waals surface area contributed by atoms with Gasteiger partial charge in [0.05, 0.1) is 12.2 Å². The Balaban J connectivity index is 1.89. The van der Waals surface area contributed by atoms with E-state index in [0.717, 1.165) is 11.1 Å². The van der Waals surface area contributed by atoms with Crippen molar-refractivity contribution in [2.75, 3.05) is 5.73 Å². The molecule has 0 aliphatic heterocycles. The van der Waals surface area contributed by atoms with Crippen molar-refractivity contribution in [3.63, 3.8) is 0 Å². The van der Waals surface area contributed by atoms with Crippen LogP contribution in [0.2, 0.25) is 10.0 Å². The number of nitrogens with two attached hydrogens (primary N) is 1. The zero-order chi connectivity index (χ0) is 17.1. The predicted octanol–water partition coefficient (Wildman–Crippen LogP) is 4.28. The number of nitrogen functional groups attached to an aromatic ring is 1. The molecule has 0 aliphatic carbocycles. The summed E-state index contributed by atoms with van der Waals surface area (Å²) in [4.78, 5) is 0. The van der Waals surface area contributed by atoms with Crippen LogP contribution in [-0.4, -0.2) is 9.78 Å². The first kappa shape index (κ1) is 16.4. The van der Waals surface area contributed by atoms with E-state index in [-0.39, 0.29) is 0 Å². The van der Waals surface area contributed by atoms with E-state index in [2.05, 4.69) is 11.2 Å². The van der Waals surface area contributed by atoms with Crippen molar-refractivity contribution in [3.05, 3.63) is 81.0 Å². The molecule has 120 valence electrons. The lowest BCUT2D eigenvalue weighted by Gasteiger charge is -2.04. The fourth-order valence-electron chi connectivity index (χ4n) is 2.45. The molecule has 2 aromatic carbocycles. The number of hydrogen-bond donors (Lipinski definition) is 1. The molecule has 2 N–H and O–H groups in total. The van der Waals surface area contributed by atoms with Crippen molar-refractivity contribution >= 4 is 29.0 Å². The van der Waals surface area contributed by atoms with Crippen LogP contribution in [0.1, 0.15) is 22.4 Å². The zero-order valence-electron chi connectivity index (χ0n) is 12.7. The summed E-state index contributed by atoms with van der Waals surface area (Å²) in [7, 11) is 0. The highest BCUT2D eigenvalue weighted by Gasteiger charge is 2.16. The Labute approximate surface area is 150 Å². The monoisotopic (exact) mass is 356 g/mol. The fraction of sp³-hybridized carbons (Fsp3) is 0.111. The Hall–Kier alpha value is -2.48. The smallest absolute Gasteiger partial charge is 0.140 e. The molecule has 0 radical (unpaired) electrons. The second-order valence-electron chi connectivity index (χ2n) is 5.41. The maximum atomic E-state index is 9.42. The largest absolute Gasteiger partial charge is 0.383 e. The van der Waals surface area contributed by atoms with Gasteiger partial charge < -0.3 is 5.73 Å². The van der Waals surface area contributed by atoms with Crippen LogP contribution < -0.4 is 5.73 Å². The van der Waals surface area contributed by atoms with Gasteiger partial charge in [-0.15, -0.1) is 0 Å². The maximum absolute atomic E-state index is 9.42. The Kier molecular flexibility index (Phi) is 4.75. The van der Waals surface area contributed by atoms with Gasteiger partial charge in [-0.1, -0.05) is 47.5 Å². The average Bonchev–Trinajstić information content (AvgIpc) is 2.86. The molecule has 3 rings (SSSR count).